The molecule has 0 bridgehead atoms. The summed E-state index contributed by atoms with van der Waals surface area (Å²) in [7, 11) is 0. The third-order valence-corrected chi connectivity index (χ3v) is 2.91. The summed E-state index contributed by atoms with van der Waals surface area (Å²) in [5.74, 6) is -1.02. The summed E-state index contributed by atoms with van der Waals surface area (Å²) in [5.41, 5.74) is -2.75. The molecule has 1 aromatic rings. The van der Waals surface area contributed by atoms with Gasteiger partial charge in [0.05, 0.1) is 22.7 Å². The number of hydrogen-bond acceptors (Lipinski definition) is 2. The highest BCUT2D eigenvalue weighted by atomic mass is 35.5. The van der Waals surface area contributed by atoms with E-state index in [0.29, 0.717) is 17.1 Å². The van der Waals surface area contributed by atoms with Crippen LogP contribution in [0.4, 0.5) is 32.0 Å². The highest BCUT2D eigenvalue weighted by Gasteiger charge is 2.43. The number of nitrogens with zero attached hydrogens (tertiary/aromatic N) is 2. The van der Waals surface area contributed by atoms with Crippen molar-refractivity contribution in [3.63, 3.8) is 0 Å². The fraction of sp³-hybridized carbons (Fsp3) is 0.273. The van der Waals surface area contributed by atoms with E-state index < -0.39 is 41.0 Å². The molecule has 0 unspecified atom stereocenters. The first kappa shape index (κ1) is 15.6. The third kappa shape index (κ3) is 3.12. The maximum absolute atomic E-state index is 12.5. The summed E-state index contributed by atoms with van der Waals surface area (Å²) < 4.78 is 74.7. The van der Waals surface area contributed by atoms with Crippen molar-refractivity contribution in [1.29, 1.82) is 0 Å². The van der Waals surface area contributed by atoms with Crippen LogP contribution in [0, 0.1) is 0 Å². The second-order valence-corrected chi connectivity index (χ2v) is 4.50. The Morgan fingerprint density at radius 1 is 1.10 bits per heavy atom. The normalized spacial score (nSPS) is 16.4. The number of rotatable bonds is 1. The summed E-state index contributed by atoms with van der Waals surface area (Å²) in [6.07, 6.45) is -10.4. The molecule has 1 aliphatic heterocycles. The lowest BCUT2D eigenvalue weighted by Gasteiger charge is -2.15. The second-order valence-electron chi connectivity index (χ2n) is 4.09. The molecule has 0 aromatic heterocycles. The van der Waals surface area contributed by atoms with Gasteiger partial charge in [0.2, 0.25) is 0 Å². The zero-order valence-electron chi connectivity index (χ0n) is 9.89. The highest BCUT2D eigenvalue weighted by Crippen LogP contribution is 2.37. The minimum absolute atomic E-state index is 0.339. The Morgan fingerprint density at radius 2 is 1.71 bits per heavy atom. The predicted molar refractivity (Wildman–Crippen MR) is 62.0 cm³/mol. The first-order valence-corrected chi connectivity index (χ1v) is 5.72. The molecule has 0 aliphatic carbocycles. The quantitative estimate of drug-likeness (QED) is 0.716. The first-order chi connectivity index (χ1) is 9.50. The largest absolute Gasteiger partial charge is 0.431 e. The second kappa shape index (κ2) is 4.90. The third-order valence-electron chi connectivity index (χ3n) is 2.61. The molecule has 1 aromatic carbocycles. The van der Waals surface area contributed by atoms with Crippen LogP contribution in [0.3, 0.4) is 0 Å². The number of benzene rings is 1. The molecule has 1 amide bonds. The van der Waals surface area contributed by atoms with Crippen LogP contribution in [-0.2, 0) is 11.0 Å². The average molecular weight is 331 g/mol. The molecule has 0 saturated carbocycles. The maximum Gasteiger partial charge on any atom is 0.431 e. The zero-order chi connectivity index (χ0) is 16.0. The number of hydrogen-bond donors (Lipinski definition) is 0. The van der Waals surface area contributed by atoms with Crippen LogP contribution >= 0.6 is 11.6 Å². The van der Waals surface area contributed by atoms with E-state index >= 15 is 0 Å². The van der Waals surface area contributed by atoms with Gasteiger partial charge in [-0.2, -0.15) is 36.5 Å². The Hall–Kier alpha value is -1.77. The lowest BCUT2D eigenvalue weighted by atomic mass is 10.2. The molecule has 0 spiro atoms. The van der Waals surface area contributed by atoms with Crippen LogP contribution in [0.2, 0.25) is 5.02 Å². The molecule has 0 atom stereocenters. The molecule has 2 rings (SSSR count). The van der Waals surface area contributed by atoms with Gasteiger partial charge < -0.3 is 0 Å². The van der Waals surface area contributed by atoms with Gasteiger partial charge in [0.25, 0.3) is 5.91 Å². The van der Waals surface area contributed by atoms with E-state index in [1.807, 2.05) is 0 Å². The van der Waals surface area contributed by atoms with E-state index in [4.69, 9.17) is 11.6 Å². The van der Waals surface area contributed by atoms with Gasteiger partial charge in [-0.15, -0.1) is 0 Å². The molecule has 10 heteroatoms. The number of amides is 1. The van der Waals surface area contributed by atoms with Gasteiger partial charge in [0, 0.05) is 0 Å². The Balaban J connectivity index is 2.39. The number of carbonyl (C=O) groups is 1. The van der Waals surface area contributed by atoms with Gasteiger partial charge in [-0.25, -0.2) is 0 Å². The Labute approximate surface area is 118 Å². The van der Waals surface area contributed by atoms with Crippen LogP contribution < -0.4 is 5.01 Å². The molecule has 0 fully saturated rings. The smallest absolute Gasteiger partial charge is 0.272 e. The SMILES string of the molecule is O=C1CC(C(F)(F)F)=NN1c1ccc(C(F)(F)F)cc1Cl. The predicted octanol–water partition coefficient (Wildman–Crippen LogP) is 4.01. The lowest BCUT2D eigenvalue weighted by molar-refractivity contribution is -0.137. The molecular weight excluding hydrogens is 326 g/mol. The number of carbonyl (C=O) groups excluding carboxylic acids is 1. The number of anilines is 1. The number of halogens is 7. The molecule has 0 radical (unpaired) electrons. The monoisotopic (exact) mass is 330 g/mol. The topological polar surface area (TPSA) is 32.7 Å². The standard InChI is InChI=1S/C11H5ClF6N2O/c12-6-3-5(10(13,14)15)1-2-7(6)20-9(21)4-8(19-20)11(16,17)18/h1-3H,4H2. The number of alkyl halides is 6. The lowest BCUT2D eigenvalue weighted by Crippen LogP contribution is -2.22. The Kier molecular flexibility index (Phi) is 3.64. The van der Waals surface area contributed by atoms with Gasteiger partial charge in [-0.05, 0) is 18.2 Å². The van der Waals surface area contributed by atoms with Crippen molar-refractivity contribution in [1.82, 2.24) is 0 Å². The summed E-state index contributed by atoms with van der Waals surface area (Å²) in [4.78, 5) is 11.5. The first-order valence-electron chi connectivity index (χ1n) is 5.34. The minimum atomic E-state index is -4.79. The molecule has 21 heavy (non-hydrogen) atoms. The molecule has 3 nitrogen and oxygen atoms in total. The van der Waals surface area contributed by atoms with Crippen LogP contribution in [0.25, 0.3) is 0 Å². The van der Waals surface area contributed by atoms with Crippen molar-refractivity contribution in [2.75, 3.05) is 5.01 Å². The van der Waals surface area contributed by atoms with Crippen molar-refractivity contribution in [2.45, 2.75) is 18.8 Å². The summed E-state index contributed by atoms with van der Waals surface area (Å²) in [5, 5.41) is 2.90. The van der Waals surface area contributed by atoms with Crippen LogP contribution in [0.5, 0.6) is 0 Å². The van der Waals surface area contributed by atoms with Crippen molar-refractivity contribution in [2.24, 2.45) is 5.10 Å². The minimum Gasteiger partial charge on any atom is -0.272 e. The van der Waals surface area contributed by atoms with E-state index in [1.54, 1.807) is 0 Å². The van der Waals surface area contributed by atoms with E-state index in [-0.39, 0.29) is 5.69 Å². The molecule has 0 saturated heterocycles. The molecule has 114 valence electrons. The van der Waals surface area contributed by atoms with E-state index in [9.17, 15) is 31.1 Å². The van der Waals surface area contributed by atoms with Gasteiger partial charge in [0.1, 0.15) is 0 Å². The van der Waals surface area contributed by atoms with Crippen LogP contribution in [0.15, 0.2) is 23.3 Å². The van der Waals surface area contributed by atoms with Crippen molar-refractivity contribution >= 4 is 28.9 Å². The van der Waals surface area contributed by atoms with Gasteiger partial charge in [-0.1, -0.05) is 11.6 Å². The van der Waals surface area contributed by atoms with Gasteiger partial charge in [-0.3, -0.25) is 4.79 Å². The van der Waals surface area contributed by atoms with E-state index in [1.165, 1.54) is 0 Å². The Bertz CT molecular complexity index is 622. The van der Waals surface area contributed by atoms with Crippen LogP contribution in [0.1, 0.15) is 12.0 Å². The van der Waals surface area contributed by atoms with Crippen molar-refractivity contribution in [3.8, 4) is 0 Å². The summed E-state index contributed by atoms with van der Waals surface area (Å²) in [6.45, 7) is 0. The Morgan fingerprint density at radius 3 is 2.14 bits per heavy atom. The van der Waals surface area contributed by atoms with E-state index in [0.717, 1.165) is 6.07 Å². The van der Waals surface area contributed by atoms with Crippen LogP contribution in [-0.4, -0.2) is 17.8 Å². The fourth-order valence-electron chi connectivity index (χ4n) is 1.63. The molecule has 1 heterocycles. The number of hydrazone groups is 1. The van der Waals surface area contributed by atoms with E-state index in [2.05, 4.69) is 5.10 Å². The van der Waals surface area contributed by atoms with Gasteiger partial charge >= 0.3 is 12.4 Å². The zero-order valence-corrected chi connectivity index (χ0v) is 10.6. The summed E-state index contributed by atoms with van der Waals surface area (Å²) in [6, 6.07) is 1.92. The maximum atomic E-state index is 12.5. The van der Waals surface area contributed by atoms with Crippen molar-refractivity contribution < 1.29 is 31.1 Å². The molecule has 0 N–H and O–H groups in total. The summed E-state index contributed by atoms with van der Waals surface area (Å²) >= 11 is 5.60. The highest BCUT2D eigenvalue weighted by molar-refractivity contribution is 6.34. The van der Waals surface area contributed by atoms with Crippen molar-refractivity contribution in [3.05, 3.63) is 28.8 Å². The van der Waals surface area contributed by atoms with Gasteiger partial charge in [0.15, 0.2) is 5.71 Å². The molecule has 1 aliphatic rings. The average Bonchev–Trinajstić information content (AvgIpc) is 2.70. The fourth-order valence-corrected chi connectivity index (χ4v) is 1.89. The molecular formula is C11H5ClF6N2O.